The number of carbonyl (C=O) groups excluding carboxylic acids is 1. The number of nitrogens with zero attached hydrogens (tertiary/aromatic N) is 1. The fraction of sp³-hybridized carbons (Fsp3) is 0.909. The van der Waals surface area contributed by atoms with Gasteiger partial charge in [-0.15, -0.1) is 23.2 Å². The molecule has 0 unspecified atom stereocenters. The Labute approximate surface area is 106 Å². The average molecular weight is 265 g/mol. The quantitative estimate of drug-likeness (QED) is 0.768. The number of halogens is 2. The van der Waals surface area contributed by atoms with Gasteiger partial charge in [-0.2, -0.15) is 0 Å². The maximum absolute atomic E-state index is 11.8. The summed E-state index contributed by atoms with van der Waals surface area (Å²) in [5.41, 5.74) is -0.589. The Hall–Kier alpha value is 0.01000. The number of hydrogen-bond donors (Lipinski definition) is 1. The lowest BCUT2D eigenvalue weighted by Crippen LogP contribution is -2.38. The van der Waals surface area contributed by atoms with Gasteiger partial charge in [-0.3, -0.25) is 4.79 Å². The van der Waals surface area contributed by atoms with E-state index in [-0.39, 0.29) is 5.91 Å². The molecule has 0 saturated heterocycles. The second-order valence-electron chi connectivity index (χ2n) is 5.18. The monoisotopic (exact) mass is 264 g/mol. The molecule has 0 bridgehead atoms. The maximum atomic E-state index is 11.8. The Morgan fingerprint density at radius 1 is 1.50 bits per heavy atom. The number of carbonyl (C=O) groups is 1. The highest BCUT2D eigenvalue weighted by atomic mass is 35.5. The first-order chi connectivity index (χ1) is 7.37. The third kappa shape index (κ3) is 2.31. The summed E-state index contributed by atoms with van der Waals surface area (Å²) in [6, 6.07) is 0.730. The van der Waals surface area contributed by atoms with Crippen molar-refractivity contribution in [3.8, 4) is 0 Å². The van der Waals surface area contributed by atoms with E-state index in [1.807, 2.05) is 6.92 Å². The molecular formula is C11H18Cl2N2O. The first kappa shape index (κ1) is 12.5. The number of nitrogens with one attached hydrogen (secondary N) is 1. The molecule has 2 rings (SSSR count). The lowest BCUT2D eigenvalue weighted by atomic mass is 10.1. The minimum Gasteiger partial charge on any atom is -0.354 e. The Bertz CT molecular complexity index is 304. The Balaban J connectivity index is 1.68. The maximum Gasteiger partial charge on any atom is 0.229 e. The van der Waals surface area contributed by atoms with Crippen LogP contribution in [0.2, 0.25) is 0 Å². The third-order valence-corrected chi connectivity index (χ3v) is 4.78. The molecule has 2 aliphatic rings. The van der Waals surface area contributed by atoms with Gasteiger partial charge in [-0.1, -0.05) is 0 Å². The van der Waals surface area contributed by atoms with Crippen molar-refractivity contribution in [2.24, 2.45) is 5.41 Å². The number of amides is 1. The topological polar surface area (TPSA) is 32.3 Å². The molecule has 1 amide bonds. The Morgan fingerprint density at radius 2 is 2.06 bits per heavy atom. The van der Waals surface area contributed by atoms with E-state index in [0.717, 1.165) is 12.6 Å². The van der Waals surface area contributed by atoms with Crippen molar-refractivity contribution in [2.75, 3.05) is 20.1 Å². The van der Waals surface area contributed by atoms with Gasteiger partial charge < -0.3 is 10.2 Å². The van der Waals surface area contributed by atoms with Gasteiger partial charge in [0, 0.05) is 19.1 Å². The van der Waals surface area contributed by atoms with Gasteiger partial charge in [0.1, 0.15) is 4.33 Å². The summed E-state index contributed by atoms with van der Waals surface area (Å²) < 4.78 is -0.862. The van der Waals surface area contributed by atoms with Crippen LogP contribution >= 0.6 is 23.2 Å². The van der Waals surface area contributed by atoms with Crippen LogP contribution in [0.15, 0.2) is 0 Å². The molecule has 92 valence electrons. The zero-order chi connectivity index (χ0) is 12.0. The van der Waals surface area contributed by atoms with Crippen molar-refractivity contribution >= 4 is 29.1 Å². The number of hydrogen-bond acceptors (Lipinski definition) is 2. The van der Waals surface area contributed by atoms with E-state index in [1.54, 1.807) is 0 Å². The highest BCUT2D eigenvalue weighted by molar-refractivity contribution is 6.53. The minimum atomic E-state index is -0.862. The predicted molar refractivity (Wildman–Crippen MR) is 65.8 cm³/mol. The molecule has 0 aromatic heterocycles. The lowest BCUT2D eigenvalue weighted by Gasteiger charge is -2.17. The molecule has 3 nitrogen and oxygen atoms in total. The molecule has 0 spiro atoms. The van der Waals surface area contributed by atoms with Crippen LogP contribution in [0, 0.1) is 5.41 Å². The highest BCUT2D eigenvalue weighted by Gasteiger charge is 2.67. The van der Waals surface area contributed by atoms with Gasteiger partial charge >= 0.3 is 0 Å². The first-order valence-corrected chi connectivity index (χ1v) is 6.49. The molecule has 2 aliphatic carbocycles. The summed E-state index contributed by atoms with van der Waals surface area (Å²) in [6.07, 6.45) is 3.12. The zero-order valence-electron chi connectivity index (χ0n) is 9.72. The highest BCUT2D eigenvalue weighted by Crippen LogP contribution is 2.63. The van der Waals surface area contributed by atoms with E-state index in [2.05, 4.69) is 17.3 Å². The van der Waals surface area contributed by atoms with Crippen molar-refractivity contribution in [2.45, 2.75) is 36.6 Å². The predicted octanol–water partition coefficient (Wildman–Crippen LogP) is 1.78. The molecule has 2 saturated carbocycles. The van der Waals surface area contributed by atoms with Gasteiger partial charge in [0.2, 0.25) is 5.91 Å². The van der Waals surface area contributed by atoms with E-state index in [1.165, 1.54) is 12.8 Å². The van der Waals surface area contributed by atoms with Crippen LogP contribution in [0.3, 0.4) is 0 Å². The van der Waals surface area contributed by atoms with Crippen LogP contribution in [0.5, 0.6) is 0 Å². The van der Waals surface area contributed by atoms with Crippen molar-refractivity contribution in [1.82, 2.24) is 10.2 Å². The second kappa shape index (κ2) is 4.04. The lowest BCUT2D eigenvalue weighted by molar-refractivity contribution is -0.125. The molecule has 16 heavy (non-hydrogen) atoms. The molecule has 0 radical (unpaired) electrons. The van der Waals surface area contributed by atoms with Crippen LogP contribution in [0.4, 0.5) is 0 Å². The Morgan fingerprint density at radius 3 is 2.50 bits per heavy atom. The molecule has 5 heteroatoms. The van der Waals surface area contributed by atoms with Gasteiger partial charge in [0.25, 0.3) is 0 Å². The normalized spacial score (nSPS) is 31.6. The molecule has 0 aromatic carbocycles. The van der Waals surface area contributed by atoms with Gasteiger partial charge in [-0.05, 0) is 33.2 Å². The fourth-order valence-electron chi connectivity index (χ4n) is 1.88. The minimum absolute atomic E-state index is 0.0262. The van der Waals surface area contributed by atoms with E-state index in [0.29, 0.717) is 13.0 Å². The van der Waals surface area contributed by atoms with Crippen molar-refractivity contribution in [3.05, 3.63) is 0 Å². The largest absolute Gasteiger partial charge is 0.354 e. The molecule has 1 N–H and O–H groups in total. The summed E-state index contributed by atoms with van der Waals surface area (Å²) in [5, 5.41) is 2.90. The molecule has 2 fully saturated rings. The SMILES string of the molecule is CN(CCNC(=O)[C@]1(C)CC1(Cl)Cl)C1CC1. The zero-order valence-corrected chi connectivity index (χ0v) is 11.2. The van der Waals surface area contributed by atoms with Crippen molar-refractivity contribution < 1.29 is 4.79 Å². The molecule has 0 aliphatic heterocycles. The number of alkyl halides is 2. The number of rotatable bonds is 5. The second-order valence-corrected chi connectivity index (χ2v) is 6.66. The Kier molecular flexibility index (Phi) is 3.15. The first-order valence-electron chi connectivity index (χ1n) is 5.73. The van der Waals surface area contributed by atoms with Gasteiger partial charge in [0.05, 0.1) is 5.41 Å². The van der Waals surface area contributed by atoms with E-state index < -0.39 is 9.75 Å². The summed E-state index contributed by atoms with van der Waals surface area (Å²) >= 11 is 11.9. The fourth-order valence-corrected chi connectivity index (χ4v) is 2.59. The van der Waals surface area contributed by atoms with Crippen LogP contribution < -0.4 is 5.32 Å². The van der Waals surface area contributed by atoms with Crippen molar-refractivity contribution in [1.29, 1.82) is 0 Å². The van der Waals surface area contributed by atoms with Crippen LogP contribution in [-0.2, 0) is 4.79 Å². The molecule has 0 aromatic rings. The molecular weight excluding hydrogens is 247 g/mol. The standard InChI is InChI=1S/C11H18Cl2N2O/c1-10(7-11(10,12)13)9(16)14-5-6-15(2)8-3-4-8/h8H,3-7H2,1-2H3,(H,14,16)/t10-/m0/s1. The summed E-state index contributed by atoms with van der Waals surface area (Å²) in [7, 11) is 2.09. The molecule has 1 atom stereocenters. The number of likely N-dealkylation sites (N-methyl/N-ethyl adjacent to an activating group) is 1. The third-order valence-electron chi connectivity index (χ3n) is 3.68. The van der Waals surface area contributed by atoms with E-state index >= 15 is 0 Å². The van der Waals surface area contributed by atoms with Gasteiger partial charge in [0.15, 0.2) is 0 Å². The summed E-state index contributed by atoms with van der Waals surface area (Å²) in [5.74, 6) is -0.0262. The van der Waals surface area contributed by atoms with Crippen LogP contribution in [0.1, 0.15) is 26.2 Å². The van der Waals surface area contributed by atoms with Crippen LogP contribution in [0.25, 0.3) is 0 Å². The van der Waals surface area contributed by atoms with E-state index in [4.69, 9.17) is 23.2 Å². The van der Waals surface area contributed by atoms with E-state index in [9.17, 15) is 4.79 Å². The van der Waals surface area contributed by atoms with Crippen LogP contribution in [-0.4, -0.2) is 41.3 Å². The van der Waals surface area contributed by atoms with Gasteiger partial charge in [-0.25, -0.2) is 0 Å². The summed E-state index contributed by atoms with van der Waals surface area (Å²) in [4.78, 5) is 14.1. The van der Waals surface area contributed by atoms with Crippen molar-refractivity contribution in [3.63, 3.8) is 0 Å². The molecule has 0 heterocycles. The summed E-state index contributed by atoms with van der Waals surface area (Å²) in [6.45, 7) is 3.38. The average Bonchev–Trinajstić information content (AvgIpc) is 3.04. The smallest absolute Gasteiger partial charge is 0.229 e.